The van der Waals surface area contributed by atoms with Crippen LogP contribution in [0.15, 0.2) is 0 Å². The topological polar surface area (TPSA) is 41.6 Å². The van der Waals surface area contributed by atoms with Crippen LogP contribution < -0.4 is 5.32 Å². The molecule has 0 unspecified atom stereocenters. The van der Waals surface area contributed by atoms with Gasteiger partial charge in [-0.05, 0) is 38.0 Å². The summed E-state index contributed by atoms with van der Waals surface area (Å²) in [6.07, 6.45) is 11.0. The van der Waals surface area contributed by atoms with Crippen molar-refractivity contribution in [2.45, 2.75) is 51.2 Å². The van der Waals surface area contributed by atoms with Gasteiger partial charge in [0.05, 0.1) is 12.1 Å². The zero-order valence-electron chi connectivity index (χ0n) is 11.7. The number of rotatable bonds is 5. The Kier molecular flexibility index (Phi) is 5.09. The summed E-state index contributed by atoms with van der Waals surface area (Å²) in [6, 6.07) is -0.193. The molecule has 1 heterocycles. The monoisotopic (exact) mass is 264 g/mol. The Morgan fingerprint density at radius 3 is 2.63 bits per heavy atom. The first-order chi connectivity index (χ1) is 9.22. The number of urea groups is 1. The number of nitrogens with one attached hydrogen (secondary N) is 1. The number of piperidine rings is 1. The number of carbonyl (C=O) groups is 1. The fourth-order valence-electron chi connectivity index (χ4n) is 2.28. The zero-order valence-corrected chi connectivity index (χ0v) is 11.7. The maximum Gasteiger partial charge on any atom is 0.318 e. The Balaban J connectivity index is 1.66. The predicted molar refractivity (Wildman–Crippen MR) is 74.7 cm³/mol. The number of hydrogen-bond acceptors (Lipinski definition) is 2. The van der Waals surface area contributed by atoms with E-state index in [-0.39, 0.29) is 12.1 Å². The molecule has 0 radical (unpaired) electrons. The molecule has 0 aromatic rings. The van der Waals surface area contributed by atoms with Gasteiger partial charge >= 0.3 is 6.03 Å². The Morgan fingerprint density at radius 1 is 1.42 bits per heavy atom. The first kappa shape index (κ1) is 14.2. The van der Waals surface area contributed by atoms with Crippen molar-refractivity contribution in [3.8, 4) is 12.3 Å². The van der Waals surface area contributed by atoms with Crippen LogP contribution in [0.4, 0.5) is 4.79 Å². The third-order valence-electron chi connectivity index (χ3n) is 3.90. The lowest BCUT2D eigenvalue weighted by atomic mass is 10.1. The van der Waals surface area contributed by atoms with Gasteiger partial charge < -0.3 is 15.0 Å². The first-order valence-electron chi connectivity index (χ1n) is 7.36. The molecule has 106 valence electrons. The molecule has 19 heavy (non-hydrogen) atoms. The molecule has 1 saturated heterocycles. The summed E-state index contributed by atoms with van der Waals surface area (Å²) in [5.41, 5.74) is 0. The van der Waals surface area contributed by atoms with Crippen molar-refractivity contribution in [1.29, 1.82) is 0 Å². The van der Waals surface area contributed by atoms with Gasteiger partial charge in [-0.3, -0.25) is 0 Å². The molecule has 0 bridgehead atoms. The Hall–Kier alpha value is -1.21. The number of terminal acetylenes is 1. The summed E-state index contributed by atoms with van der Waals surface area (Å²) in [5, 5.41) is 2.87. The molecule has 0 aromatic carbocycles. The van der Waals surface area contributed by atoms with E-state index in [1.54, 1.807) is 0 Å². The molecule has 4 heteroatoms. The number of nitrogens with zero attached hydrogens (tertiary/aromatic N) is 1. The lowest BCUT2D eigenvalue weighted by Gasteiger charge is -2.32. The number of hydrogen-bond donors (Lipinski definition) is 1. The number of carbonyl (C=O) groups excluding carboxylic acids is 1. The molecule has 2 rings (SSSR count). The molecule has 1 N–H and O–H groups in total. The largest absolute Gasteiger partial charge is 0.378 e. The number of ether oxygens (including phenoxy) is 1. The molecule has 2 amide bonds. The van der Waals surface area contributed by atoms with Crippen molar-refractivity contribution in [2.75, 3.05) is 19.7 Å². The zero-order chi connectivity index (χ0) is 13.7. The van der Waals surface area contributed by atoms with Gasteiger partial charge in [0.25, 0.3) is 0 Å². The second kappa shape index (κ2) is 6.81. The van der Waals surface area contributed by atoms with Gasteiger partial charge in [0.2, 0.25) is 0 Å². The van der Waals surface area contributed by atoms with E-state index in [1.165, 1.54) is 12.8 Å². The van der Waals surface area contributed by atoms with E-state index in [0.717, 1.165) is 44.9 Å². The van der Waals surface area contributed by atoms with Crippen molar-refractivity contribution in [3.05, 3.63) is 0 Å². The van der Waals surface area contributed by atoms with Crippen LogP contribution in [0, 0.1) is 18.3 Å². The van der Waals surface area contributed by atoms with Gasteiger partial charge in [-0.25, -0.2) is 4.79 Å². The van der Waals surface area contributed by atoms with Crippen LogP contribution in [-0.4, -0.2) is 42.8 Å². The molecule has 4 nitrogen and oxygen atoms in total. The summed E-state index contributed by atoms with van der Waals surface area (Å²) < 4.78 is 5.87. The van der Waals surface area contributed by atoms with Gasteiger partial charge in [-0.2, -0.15) is 0 Å². The molecular weight excluding hydrogens is 240 g/mol. The highest BCUT2D eigenvalue weighted by Crippen LogP contribution is 2.30. The van der Waals surface area contributed by atoms with E-state index >= 15 is 0 Å². The van der Waals surface area contributed by atoms with Crippen molar-refractivity contribution in [2.24, 2.45) is 5.92 Å². The summed E-state index contributed by atoms with van der Waals surface area (Å²) in [4.78, 5) is 13.8. The van der Waals surface area contributed by atoms with Crippen LogP contribution in [0.2, 0.25) is 0 Å². The third-order valence-corrected chi connectivity index (χ3v) is 3.90. The molecule has 1 saturated carbocycles. The number of amides is 2. The minimum absolute atomic E-state index is 0.0366. The fraction of sp³-hybridized carbons (Fsp3) is 0.800. The van der Waals surface area contributed by atoms with E-state index in [9.17, 15) is 4.79 Å². The molecule has 0 spiro atoms. The molecule has 1 atom stereocenters. The average Bonchev–Trinajstić information content (AvgIpc) is 3.27. The maximum absolute atomic E-state index is 12.0. The lowest BCUT2D eigenvalue weighted by Crippen LogP contribution is -2.48. The molecule has 1 aliphatic carbocycles. The standard InChI is InChI=1S/C15H24N2O2/c1-3-13(4-2)16-15(18)17-9-7-14(8-10-17)19-11-12-5-6-12/h1,12-14H,4-11H2,2H3,(H,16,18)/t13-/m0/s1. The van der Waals surface area contributed by atoms with Gasteiger partial charge in [0.15, 0.2) is 0 Å². The maximum atomic E-state index is 12.0. The van der Waals surface area contributed by atoms with Gasteiger partial charge in [-0.15, -0.1) is 6.42 Å². The molecule has 0 aromatic heterocycles. The van der Waals surface area contributed by atoms with Crippen molar-refractivity contribution in [3.63, 3.8) is 0 Å². The number of likely N-dealkylation sites (tertiary alicyclic amines) is 1. The smallest absolute Gasteiger partial charge is 0.318 e. The van der Waals surface area contributed by atoms with Crippen LogP contribution in [0.5, 0.6) is 0 Å². The van der Waals surface area contributed by atoms with Crippen LogP contribution in [0.3, 0.4) is 0 Å². The van der Waals surface area contributed by atoms with Crippen molar-refractivity contribution in [1.82, 2.24) is 10.2 Å². The third kappa shape index (κ3) is 4.43. The highest BCUT2D eigenvalue weighted by atomic mass is 16.5. The van der Waals surface area contributed by atoms with Crippen LogP contribution >= 0.6 is 0 Å². The minimum Gasteiger partial charge on any atom is -0.378 e. The van der Waals surface area contributed by atoms with E-state index in [0.29, 0.717) is 6.10 Å². The molecule has 2 fully saturated rings. The quantitative estimate of drug-likeness (QED) is 0.772. The highest BCUT2D eigenvalue weighted by molar-refractivity contribution is 5.75. The highest BCUT2D eigenvalue weighted by Gasteiger charge is 2.27. The first-order valence-corrected chi connectivity index (χ1v) is 7.36. The minimum atomic E-state index is -0.156. The second-order valence-corrected chi connectivity index (χ2v) is 5.54. The van der Waals surface area contributed by atoms with Gasteiger partial charge in [0.1, 0.15) is 0 Å². The summed E-state index contributed by atoms with van der Waals surface area (Å²) in [5.74, 6) is 3.39. The van der Waals surface area contributed by atoms with Crippen molar-refractivity contribution < 1.29 is 9.53 Å². The predicted octanol–water partition coefficient (Wildman–Crippen LogP) is 2.00. The Labute approximate surface area is 115 Å². The van der Waals surface area contributed by atoms with Crippen LogP contribution in [-0.2, 0) is 4.74 Å². The molecular formula is C15H24N2O2. The Morgan fingerprint density at radius 2 is 2.11 bits per heavy atom. The van der Waals surface area contributed by atoms with E-state index in [4.69, 9.17) is 11.2 Å². The van der Waals surface area contributed by atoms with E-state index in [1.807, 2.05) is 11.8 Å². The van der Waals surface area contributed by atoms with Gasteiger partial charge in [0, 0.05) is 19.7 Å². The fourth-order valence-corrected chi connectivity index (χ4v) is 2.28. The summed E-state index contributed by atoms with van der Waals surface area (Å²) in [7, 11) is 0. The van der Waals surface area contributed by atoms with E-state index < -0.39 is 0 Å². The second-order valence-electron chi connectivity index (χ2n) is 5.54. The Bertz CT molecular complexity index is 339. The molecule has 2 aliphatic rings. The van der Waals surface area contributed by atoms with Crippen LogP contribution in [0.25, 0.3) is 0 Å². The van der Waals surface area contributed by atoms with Crippen molar-refractivity contribution >= 4 is 6.03 Å². The SMILES string of the molecule is C#C[C@@H](CC)NC(=O)N1CCC(OCC2CC2)CC1. The normalized spacial score (nSPS) is 21.8. The van der Waals surface area contributed by atoms with Crippen LogP contribution in [0.1, 0.15) is 39.0 Å². The lowest BCUT2D eigenvalue weighted by molar-refractivity contribution is 0.00939. The molecule has 1 aliphatic heterocycles. The summed E-state index contributed by atoms with van der Waals surface area (Å²) >= 11 is 0. The average molecular weight is 264 g/mol. The van der Waals surface area contributed by atoms with E-state index in [2.05, 4.69) is 11.2 Å². The van der Waals surface area contributed by atoms with Gasteiger partial charge in [-0.1, -0.05) is 12.8 Å². The summed E-state index contributed by atoms with van der Waals surface area (Å²) in [6.45, 7) is 4.42.